The second-order valence-corrected chi connectivity index (χ2v) is 3.15. The fourth-order valence-corrected chi connectivity index (χ4v) is 0.972. The smallest absolute Gasteiger partial charge is 0.146 e. The van der Waals surface area contributed by atoms with Crippen LogP contribution in [0.5, 0.6) is 0 Å². The lowest BCUT2D eigenvalue weighted by Crippen LogP contribution is -2.22. The van der Waals surface area contributed by atoms with Crippen LogP contribution in [0.4, 0.5) is 5.82 Å². The Bertz CT molecular complexity index is 239. The third-order valence-electron chi connectivity index (χ3n) is 1.43. The van der Waals surface area contributed by atoms with Crippen LogP contribution in [0.2, 0.25) is 0 Å². The van der Waals surface area contributed by atoms with E-state index in [-0.39, 0.29) is 6.61 Å². The highest BCUT2D eigenvalue weighted by atomic mass is 79.9. The van der Waals surface area contributed by atoms with Crippen molar-refractivity contribution in [2.75, 3.05) is 25.1 Å². The summed E-state index contributed by atoms with van der Waals surface area (Å²) >= 11 is 3.19. The molecule has 0 spiro atoms. The number of likely N-dealkylation sites (N-methyl/N-ethyl adjacent to an activating group) is 1. The molecule has 0 aliphatic carbocycles. The van der Waals surface area contributed by atoms with Crippen LogP contribution in [0.1, 0.15) is 0 Å². The van der Waals surface area contributed by atoms with E-state index < -0.39 is 0 Å². The molecule has 12 heavy (non-hydrogen) atoms. The van der Waals surface area contributed by atoms with E-state index in [0.29, 0.717) is 11.1 Å². The Hall–Kier alpha value is -0.680. The van der Waals surface area contributed by atoms with Crippen LogP contribution < -0.4 is 4.90 Å². The Kier molecular flexibility index (Phi) is 3.43. The summed E-state index contributed by atoms with van der Waals surface area (Å²) in [5.74, 6) is 0.757. The van der Waals surface area contributed by atoms with Crippen molar-refractivity contribution in [1.29, 1.82) is 0 Å². The summed E-state index contributed by atoms with van der Waals surface area (Å²) in [4.78, 5) is 9.95. The summed E-state index contributed by atoms with van der Waals surface area (Å²) in [5, 5.41) is 8.65. The topological polar surface area (TPSA) is 49.2 Å². The minimum Gasteiger partial charge on any atom is -0.395 e. The summed E-state index contributed by atoms with van der Waals surface area (Å²) in [6.45, 7) is 0.685. The molecule has 1 aromatic rings. The zero-order valence-electron chi connectivity index (χ0n) is 6.74. The molecule has 0 saturated carbocycles. The monoisotopic (exact) mass is 231 g/mol. The largest absolute Gasteiger partial charge is 0.395 e. The van der Waals surface area contributed by atoms with Crippen molar-refractivity contribution in [3.63, 3.8) is 0 Å². The molecule has 0 aliphatic heterocycles. The molecule has 0 aromatic carbocycles. The molecule has 4 nitrogen and oxygen atoms in total. The Labute approximate surface area is 79.4 Å². The SMILES string of the molecule is CN(CCO)c1cnc(Br)cn1. The number of aromatic nitrogens is 2. The van der Waals surface area contributed by atoms with Gasteiger partial charge in [0.15, 0.2) is 0 Å². The molecule has 0 aliphatic rings. The van der Waals surface area contributed by atoms with Gasteiger partial charge in [-0.05, 0) is 15.9 Å². The van der Waals surface area contributed by atoms with Gasteiger partial charge in [-0.1, -0.05) is 0 Å². The van der Waals surface area contributed by atoms with Crippen molar-refractivity contribution in [2.24, 2.45) is 0 Å². The van der Waals surface area contributed by atoms with E-state index in [4.69, 9.17) is 5.11 Å². The van der Waals surface area contributed by atoms with E-state index in [1.165, 1.54) is 0 Å². The van der Waals surface area contributed by atoms with Crippen molar-refractivity contribution in [3.05, 3.63) is 17.0 Å². The fourth-order valence-electron chi connectivity index (χ4n) is 0.767. The number of nitrogens with zero attached hydrogens (tertiary/aromatic N) is 3. The maximum atomic E-state index is 8.65. The minimum absolute atomic E-state index is 0.119. The molecule has 5 heteroatoms. The molecule has 0 fully saturated rings. The first-order chi connectivity index (χ1) is 5.74. The lowest BCUT2D eigenvalue weighted by molar-refractivity contribution is 0.304. The van der Waals surface area contributed by atoms with Gasteiger partial charge < -0.3 is 10.0 Å². The number of hydrogen-bond donors (Lipinski definition) is 1. The molecule has 1 aromatic heterocycles. The standard InChI is InChI=1S/C7H10BrN3O/c1-11(2-3-12)7-5-9-6(8)4-10-7/h4-5,12H,2-3H2,1H3. The summed E-state index contributed by atoms with van der Waals surface area (Å²) in [6, 6.07) is 0. The molecule has 0 amide bonds. The molecule has 66 valence electrons. The molecular formula is C7H10BrN3O. The molecule has 0 bridgehead atoms. The predicted octanol–water partition coefficient (Wildman–Crippen LogP) is 0.668. The van der Waals surface area contributed by atoms with Crippen molar-refractivity contribution in [2.45, 2.75) is 0 Å². The lowest BCUT2D eigenvalue weighted by Gasteiger charge is -2.15. The first-order valence-electron chi connectivity index (χ1n) is 3.53. The molecule has 1 heterocycles. The van der Waals surface area contributed by atoms with Crippen LogP contribution in [-0.2, 0) is 0 Å². The first-order valence-corrected chi connectivity index (χ1v) is 4.33. The van der Waals surface area contributed by atoms with Gasteiger partial charge in [0, 0.05) is 13.6 Å². The second-order valence-electron chi connectivity index (χ2n) is 2.34. The highest BCUT2D eigenvalue weighted by molar-refractivity contribution is 9.10. The molecule has 0 unspecified atom stereocenters. The molecule has 0 radical (unpaired) electrons. The van der Waals surface area contributed by atoms with Gasteiger partial charge in [-0.15, -0.1) is 0 Å². The van der Waals surface area contributed by atoms with Gasteiger partial charge in [0.2, 0.25) is 0 Å². The average molecular weight is 232 g/mol. The van der Waals surface area contributed by atoms with E-state index in [2.05, 4.69) is 25.9 Å². The van der Waals surface area contributed by atoms with Crippen LogP contribution >= 0.6 is 15.9 Å². The number of aliphatic hydroxyl groups is 1. The summed E-state index contributed by atoms with van der Waals surface area (Å²) in [7, 11) is 1.86. The molecule has 0 atom stereocenters. The zero-order chi connectivity index (χ0) is 8.97. The van der Waals surface area contributed by atoms with Gasteiger partial charge >= 0.3 is 0 Å². The van der Waals surface area contributed by atoms with Crippen LogP contribution in [-0.4, -0.2) is 35.3 Å². The summed E-state index contributed by atoms with van der Waals surface area (Å²) in [5.41, 5.74) is 0. The minimum atomic E-state index is 0.119. The Morgan fingerprint density at radius 3 is 2.75 bits per heavy atom. The number of hydrogen-bond acceptors (Lipinski definition) is 4. The number of anilines is 1. The van der Waals surface area contributed by atoms with E-state index >= 15 is 0 Å². The fraction of sp³-hybridized carbons (Fsp3) is 0.429. The lowest BCUT2D eigenvalue weighted by atomic mass is 10.5. The van der Waals surface area contributed by atoms with Crippen molar-refractivity contribution < 1.29 is 5.11 Å². The van der Waals surface area contributed by atoms with E-state index in [0.717, 1.165) is 5.82 Å². The number of aliphatic hydroxyl groups excluding tert-OH is 1. The average Bonchev–Trinajstić information content (AvgIpc) is 2.06. The zero-order valence-corrected chi connectivity index (χ0v) is 8.32. The van der Waals surface area contributed by atoms with Gasteiger partial charge in [-0.3, -0.25) is 0 Å². The van der Waals surface area contributed by atoms with Gasteiger partial charge in [-0.25, -0.2) is 9.97 Å². The van der Waals surface area contributed by atoms with Crippen molar-refractivity contribution in [1.82, 2.24) is 9.97 Å². The second kappa shape index (κ2) is 4.37. The molecule has 1 rings (SSSR count). The molecular weight excluding hydrogens is 222 g/mol. The van der Waals surface area contributed by atoms with Gasteiger partial charge in [-0.2, -0.15) is 0 Å². The number of halogens is 1. The van der Waals surface area contributed by atoms with Crippen LogP contribution in [0.3, 0.4) is 0 Å². The van der Waals surface area contributed by atoms with Gasteiger partial charge in [0.05, 0.1) is 19.0 Å². The Morgan fingerprint density at radius 1 is 1.50 bits per heavy atom. The van der Waals surface area contributed by atoms with Crippen LogP contribution in [0.25, 0.3) is 0 Å². The molecule has 1 N–H and O–H groups in total. The van der Waals surface area contributed by atoms with Crippen molar-refractivity contribution >= 4 is 21.7 Å². The maximum Gasteiger partial charge on any atom is 0.146 e. The van der Waals surface area contributed by atoms with Crippen LogP contribution in [0.15, 0.2) is 17.0 Å². The third kappa shape index (κ3) is 2.42. The van der Waals surface area contributed by atoms with Crippen LogP contribution in [0, 0.1) is 0 Å². The maximum absolute atomic E-state index is 8.65. The summed E-state index contributed by atoms with van der Waals surface area (Å²) in [6.07, 6.45) is 3.28. The quantitative estimate of drug-likeness (QED) is 0.831. The first kappa shape index (κ1) is 9.41. The predicted molar refractivity (Wildman–Crippen MR) is 50.1 cm³/mol. The van der Waals surface area contributed by atoms with E-state index in [1.54, 1.807) is 12.4 Å². The highest BCUT2D eigenvalue weighted by Crippen LogP contribution is 2.08. The highest BCUT2D eigenvalue weighted by Gasteiger charge is 2.00. The Balaban J connectivity index is 2.68. The Morgan fingerprint density at radius 2 is 2.25 bits per heavy atom. The van der Waals surface area contributed by atoms with Gasteiger partial charge in [0.25, 0.3) is 0 Å². The van der Waals surface area contributed by atoms with Gasteiger partial charge in [0.1, 0.15) is 10.4 Å². The van der Waals surface area contributed by atoms with E-state index in [9.17, 15) is 0 Å². The third-order valence-corrected chi connectivity index (χ3v) is 1.84. The molecule has 0 saturated heterocycles. The number of rotatable bonds is 3. The normalized spacial score (nSPS) is 9.92. The van der Waals surface area contributed by atoms with E-state index in [1.807, 2.05) is 11.9 Å². The van der Waals surface area contributed by atoms with Crippen molar-refractivity contribution in [3.8, 4) is 0 Å². The summed E-state index contributed by atoms with van der Waals surface area (Å²) < 4.78 is 0.712.